The Morgan fingerprint density at radius 1 is 0.966 bits per heavy atom. The summed E-state index contributed by atoms with van der Waals surface area (Å²) in [5, 5.41) is 4.21. The van der Waals surface area contributed by atoms with Crippen molar-refractivity contribution in [1.29, 1.82) is 0 Å². The van der Waals surface area contributed by atoms with Gasteiger partial charge in [-0.3, -0.25) is 4.98 Å². The Morgan fingerprint density at radius 3 is 2.55 bits per heavy atom. The molecule has 148 valence electrons. The van der Waals surface area contributed by atoms with Gasteiger partial charge in [0.15, 0.2) is 9.84 Å². The largest absolute Gasteiger partial charge is 0.355 e. The Hall–Kier alpha value is -2.51. The predicted octanol–water partition coefficient (Wildman–Crippen LogP) is 5.43. The molecule has 4 aromatic rings. The number of nitrogens with zero attached hydrogens (tertiary/aromatic N) is 2. The van der Waals surface area contributed by atoms with Gasteiger partial charge in [-0.15, -0.1) is 11.3 Å². The van der Waals surface area contributed by atoms with Crippen LogP contribution in [0.25, 0.3) is 21.1 Å². The lowest BCUT2D eigenvalue weighted by Gasteiger charge is -2.33. The van der Waals surface area contributed by atoms with E-state index in [9.17, 15) is 8.42 Å². The van der Waals surface area contributed by atoms with Crippen LogP contribution in [0.1, 0.15) is 33.3 Å². The van der Waals surface area contributed by atoms with Crippen LogP contribution in [0.5, 0.6) is 0 Å². The summed E-state index contributed by atoms with van der Waals surface area (Å²) in [4.78, 5) is 9.29. The Bertz CT molecular complexity index is 1400. The first-order chi connectivity index (χ1) is 13.6. The van der Waals surface area contributed by atoms with E-state index < -0.39 is 20.0 Å². The Balaban J connectivity index is 1.70. The number of hydrogen-bond donors (Lipinski definition) is 1. The molecule has 5 rings (SSSR count). The Labute approximate surface area is 173 Å². The molecule has 0 bridgehead atoms. The van der Waals surface area contributed by atoms with Gasteiger partial charge in [0.2, 0.25) is 0 Å². The number of thiazole rings is 1. The molecule has 29 heavy (non-hydrogen) atoms. The summed E-state index contributed by atoms with van der Waals surface area (Å²) in [7, 11) is -3.46. The number of hydrogen-bond acceptors (Lipinski definition) is 6. The fourth-order valence-corrected chi connectivity index (χ4v) is 6.89. The zero-order chi connectivity index (χ0) is 20.6. The average Bonchev–Trinajstić information content (AvgIpc) is 3.17. The molecule has 2 aromatic carbocycles. The molecule has 0 amide bonds. The standard InChI is InChI=1S/C22H21N3O2S2/c1-21(2)15-11-17-14(10-20(15)29(26,27)22(21,3)4)16(7-8-23-17)25-13-5-6-19-18(9-13)24-12-28-19/h5-12H,1-4H3,(H,23,25). The predicted molar refractivity (Wildman–Crippen MR) is 119 cm³/mol. The summed E-state index contributed by atoms with van der Waals surface area (Å²) < 4.78 is 26.8. The van der Waals surface area contributed by atoms with Crippen molar-refractivity contribution in [2.24, 2.45) is 0 Å². The van der Waals surface area contributed by atoms with Gasteiger partial charge < -0.3 is 5.32 Å². The minimum atomic E-state index is -3.46. The second-order valence-electron chi connectivity index (χ2n) is 8.52. The summed E-state index contributed by atoms with van der Waals surface area (Å²) in [6.07, 6.45) is 1.75. The Morgan fingerprint density at radius 2 is 1.76 bits per heavy atom. The van der Waals surface area contributed by atoms with E-state index in [0.717, 1.165) is 38.1 Å². The molecular formula is C22H21N3O2S2. The number of anilines is 2. The number of aromatic nitrogens is 2. The van der Waals surface area contributed by atoms with Gasteiger partial charge in [0.05, 0.1) is 30.9 Å². The Kier molecular flexibility index (Phi) is 3.68. The number of fused-ring (bicyclic) bond motifs is 3. The topological polar surface area (TPSA) is 72.0 Å². The molecule has 0 saturated heterocycles. The van der Waals surface area contributed by atoms with E-state index in [1.54, 1.807) is 23.6 Å². The first-order valence-electron chi connectivity index (χ1n) is 9.41. The first-order valence-corrected chi connectivity index (χ1v) is 11.8. The van der Waals surface area contributed by atoms with Gasteiger partial charge in [-0.05, 0) is 55.8 Å². The number of pyridine rings is 1. The normalized spacial score (nSPS) is 18.8. The van der Waals surface area contributed by atoms with Gasteiger partial charge in [0.1, 0.15) is 0 Å². The van der Waals surface area contributed by atoms with Crippen LogP contribution in [-0.4, -0.2) is 23.1 Å². The summed E-state index contributed by atoms with van der Waals surface area (Å²) in [5.41, 5.74) is 5.60. The third kappa shape index (κ3) is 2.40. The van der Waals surface area contributed by atoms with Gasteiger partial charge >= 0.3 is 0 Å². The van der Waals surface area contributed by atoms with E-state index in [1.807, 2.05) is 63.5 Å². The van der Waals surface area contributed by atoms with Crippen molar-refractivity contribution in [2.75, 3.05) is 5.32 Å². The summed E-state index contributed by atoms with van der Waals surface area (Å²) in [6, 6.07) is 11.6. The van der Waals surface area contributed by atoms with Crippen molar-refractivity contribution in [3.05, 3.63) is 53.7 Å². The van der Waals surface area contributed by atoms with Crippen LogP contribution in [0, 0.1) is 0 Å². The number of nitrogens with one attached hydrogen (secondary N) is 1. The smallest absolute Gasteiger partial charge is 0.184 e. The third-order valence-electron chi connectivity index (χ3n) is 6.59. The van der Waals surface area contributed by atoms with E-state index >= 15 is 0 Å². The van der Waals surface area contributed by atoms with Crippen molar-refractivity contribution in [3.63, 3.8) is 0 Å². The van der Waals surface area contributed by atoms with Crippen molar-refractivity contribution >= 4 is 53.7 Å². The molecule has 2 aromatic heterocycles. The van der Waals surface area contributed by atoms with Crippen molar-refractivity contribution in [1.82, 2.24) is 9.97 Å². The molecule has 0 spiro atoms. The van der Waals surface area contributed by atoms with E-state index in [4.69, 9.17) is 0 Å². The maximum absolute atomic E-state index is 13.3. The van der Waals surface area contributed by atoms with Crippen molar-refractivity contribution in [2.45, 2.75) is 42.8 Å². The summed E-state index contributed by atoms with van der Waals surface area (Å²) >= 11 is 1.60. The molecule has 0 radical (unpaired) electrons. The van der Waals surface area contributed by atoms with Crippen LogP contribution in [0.4, 0.5) is 11.4 Å². The number of sulfone groups is 1. The van der Waals surface area contributed by atoms with Crippen LogP contribution in [0.2, 0.25) is 0 Å². The minimum absolute atomic E-state index is 0.408. The van der Waals surface area contributed by atoms with E-state index in [0.29, 0.717) is 4.90 Å². The highest BCUT2D eigenvalue weighted by Crippen LogP contribution is 2.53. The zero-order valence-electron chi connectivity index (χ0n) is 16.6. The summed E-state index contributed by atoms with van der Waals surface area (Å²) in [5.74, 6) is 0. The lowest BCUT2D eigenvalue weighted by Crippen LogP contribution is -2.42. The SMILES string of the molecule is CC1(C)c2cc3nccc(Nc4ccc5scnc5c4)c3cc2S(=O)(=O)C1(C)C. The minimum Gasteiger partial charge on any atom is -0.355 e. The van der Waals surface area contributed by atoms with Crippen molar-refractivity contribution < 1.29 is 8.42 Å². The molecule has 0 aliphatic carbocycles. The lowest BCUT2D eigenvalue weighted by atomic mass is 9.75. The molecule has 1 aliphatic heterocycles. The molecule has 0 fully saturated rings. The second-order valence-corrected chi connectivity index (χ2v) is 11.9. The van der Waals surface area contributed by atoms with Crippen LogP contribution < -0.4 is 5.32 Å². The first kappa shape index (κ1) is 18.5. The van der Waals surface area contributed by atoms with E-state index in [2.05, 4.69) is 15.3 Å². The van der Waals surface area contributed by atoms with Crippen LogP contribution in [-0.2, 0) is 15.3 Å². The number of benzene rings is 2. The van der Waals surface area contributed by atoms with E-state index in [-0.39, 0.29) is 0 Å². The number of rotatable bonds is 2. The molecular weight excluding hydrogens is 402 g/mol. The molecule has 1 aliphatic rings. The maximum atomic E-state index is 13.3. The highest BCUT2D eigenvalue weighted by Gasteiger charge is 2.56. The molecule has 3 heterocycles. The van der Waals surface area contributed by atoms with Gasteiger partial charge in [-0.2, -0.15) is 0 Å². The lowest BCUT2D eigenvalue weighted by molar-refractivity contribution is 0.402. The molecule has 1 N–H and O–H groups in total. The molecule has 5 nitrogen and oxygen atoms in total. The monoisotopic (exact) mass is 423 g/mol. The highest BCUT2D eigenvalue weighted by atomic mass is 32.2. The van der Waals surface area contributed by atoms with Crippen LogP contribution >= 0.6 is 11.3 Å². The molecule has 0 atom stereocenters. The molecule has 7 heteroatoms. The van der Waals surface area contributed by atoms with Crippen molar-refractivity contribution in [3.8, 4) is 0 Å². The van der Waals surface area contributed by atoms with Crippen LogP contribution in [0.15, 0.2) is 53.0 Å². The fraction of sp³-hybridized carbons (Fsp3) is 0.273. The van der Waals surface area contributed by atoms with Gasteiger partial charge in [-0.1, -0.05) is 13.8 Å². The molecule has 0 unspecified atom stereocenters. The van der Waals surface area contributed by atoms with E-state index in [1.165, 1.54) is 0 Å². The highest BCUT2D eigenvalue weighted by molar-refractivity contribution is 7.93. The maximum Gasteiger partial charge on any atom is 0.184 e. The quantitative estimate of drug-likeness (QED) is 0.465. The van der Waals surface area contributed by atoms with Gasteiger partial charge in [0.25, 0.3) is 0 Å². The fourth-order valence-electron chi connectivity index (χ4n) is 4.02. The average molecular weight is 424 g/mol. The molecule has 0 saturated carbocycles. The van der Waals surface area contributed by atoms with Gasteiger partial charge in [-0.25, -0.2) is 13.4 Å². The third-order valence-corrected chi connectivity index (χ3v) is 10.2. The van der Waals surface area contributed by atoms with Crippen LogP contribution in [0.3, 0.4) is 0 Å². The summed E-state index contributed by atoms with van der Waals surface area (Å²) in [6.45, 7) is 7.60. The second kappa shape index (κ2) is 5.77. The zero-order valence-corrected chi connectivity index (χ0v) is 18.3. The van der Waals surface area contributed by atoms with Gasteiger partial charge in [0, 0.05) is 28.4 Å².